The Morgan fingerprint density at radius 1 is 1.32 bits per heavy atom. The Morgan fingerprint density at radius 3 is 2.77 bits per heavy atom. The maximum Gasteiger partial charge on any atom is 0.252 e. The van der Waals surface area contributed by atoms with Gasteiger partial charge in [-0.1, -0.05) is 6.07 Å². The Hall–Kier alpha value is -1.92. The van der Waals surface area contributed by atoms with E-state index >= 15 is 0 Å². The van der Waals surface area contributed by atoms with Crippen LogP contribution < -0.4 is 10.9 Å². The van der Waals surface area contributed by atoms with Gasteiger partial charge in [0.25, 0.3) is 5.56 Å². The van der Waals surface area contributed by atoms with Crippen LogP contribution in [0, 0.1) is 0 Å². The van der Waals surface area contributed by atoms with Crippen molar-refractivity contribution in [2.24, 2.45) is 7.05 Å². The van der Waals surface area contributed by atoms with Gasteiger partial charge in [0.2, 0.25) is 0 Å². The molecular formula is C16H23N5O. The SMILES string of the molecule is Cn1nccc1-c1ccc(CN2CCNCC2(C)C)c(=O)[nH]1. The molecule has 0 radical (unpaired) electrons. The molecule has 0 aromatic carbocycles. The fourth-order valence-electron chi connectivity index (χ4n) is 2.94. The smallest absolute Gasteiger partial charge is 0.252 e. The number of aromatic amines is 1. The summed E-state index contributed by atoms with van der Waals surface area (Å²) >= 11 is 0. The lowest BCUT2D eigenvalue weighted by Gasteiger charge is -2.42. The Bertz CT molecular complexity index is 715. The molecule has 3 rings (SSSR count). The molecule has 1 aliphatic heterocycles. The monoisotopic (exact) mass is 301 g/mol. The molecule has 6 heteroatoms. The third-order valence-electron chi connectivity index (χ3n) is 4.42. The van der Waals surface area contributed by atoms with Gasteiger partial charge in [-0.3, -0.25) is 14.4 Å². The minimum Gasteiger partial charge on any atom is -0.320 e. The van der Waals surface area contributed by atoms with Gasteiger partial charge in [0.1, 0.15) is 0 Å². The number of nitrogens with one attached hydrogen (secondary N) is 2. The Labute approximate surface area is 130 Å². The lowest BCUT2D eigenvalue weighted by Crippen LogP contribution is -2.57. The second-order valence-corrected chi connectivity index (χ2v) is 6.48. The molecule has 1 fully saturated rings. The quantitative estimate of drug-likeness (QED) is 0.886. The normalized spacial score (nSPS) is 18.5. The van der Waals surface area contributed by atoms with E-state index in [1.54, 1.807) is 10.9 Å². The van der Waals surface area contributed by atoms with E-state index in [1.165, 1.54) is 0 Å². The Balaban J connectivity index is 1.84. The topological polar surface area (TPSA) is 66.0 Å². The molecule has 1 aliphatic rings. The van der Waals surface area contributed by atoms with Crippen molar-refractivity contribution in [3.8, 4) is 11.4 Å². The van der Waals surface area contributed by atoms with E-state index in [-0.39, 0.29) is 11.1 Å². The molecule has 2 aromatic rings. The van der Waals surface area contributed by atoms with E-state index in [0.717, 1.165) is 36.6 Å². The van der Waals surface area contributed by atoms with Gasteiger partial charge in [-0.15, -0.1) is 0 Å². The summed E-state index contributed by atoms with van der Waals surface area (Å²) in [5.41, 5.74) is 2.55. The Kier molecular flexibility index (Phi) is 3.88. The highest BCUT2D eigenvalue weighted by molar-refractivity contribution is 5.53. The summed E-state index contributed by atoms with van der Waals surface area (Å²) in [7, 11) is 1.87. The standard InChI is InChI=1S/C16H23N5O/c1-16(2)11-17-8-9-21(16)10-12-4-5-13(19-15(12)22)14-6-7-18-20(14)3/h4-7,17H,8-11H2,1-3H3,(H,19,22). The average molecular weight is 301 g/mol. The molecule has 6 nitrogen and oxygen atoms in total. The first kappa shape index (κ1) is 15.0. The second-order valence-electron chi connectivity index (χ2n) is 6.48. The van der Waals surface area contributed by atoms with Crippen LogP contribution in [0.3, 0.4) is 0 Å². The van der Waals surface area contributed by atoms with Crippen molar-refractivity contribution >= 4 is 0 Å². The van der Waals surface area contributed by atoms with Crippen molar-refractivity contribution < 1.29 is 0 Å². The van der Waals surface area contributed by atoms with Crippen LogP contribution in [0.15, 0.2) is 29.2 Å². The van der Waals surface area contributed by atoms with Crippen LogP contribution in [0.25, 0.3) is 11.4 Å². The average Bonchev–Trinajstić information content (AvgIpc) is 2.89. The molecule has 0 atom stereocenters. The van der Waals surface area contributed by atoms with Gasteiger partial charge in [0.05, 0.1) is 11.4 Å². The van der Waals surface area contributed by atoms with Crippen LogP contribution in [0.1, 0.15) is 19.4 Å². The number of rotatable bonds is 3. The minimum absolute atomic E-state index is 0.0203. The summed E-state index contributed by atoms with van der Waals surface area (Å²) in [6.45, 7) is 7.95. The minimum atomic E-state index is -0.0203. The molecule has 0 saturated carbocycles. The lowest BCUT2D eigenvalue weighted by atomic mass is 9.99. The first-order valence-corrected chi connectivity index (χ1v) is 7.64. The van der Waals surface area contributed by atoms with E-state index in [0.29, 0.717) is 6.54 Å². The first-order chi connectivity index (χ1) is 10.5. The Morgan fingerprint density at radius 2 is 2.14 bits per heavy atom. The third kappa shape index (κ3) is 2.84. The molecule has 0 unspecified atom stereocenters. The van der Waals surface area contributed by atoms with Gasteiger partial charge in [-0.2, -0.15) is 5.10 Å². The fourth-order valence-corrected chi connectivity index (χ4v) is 2.94. The maximum atomic E-state index is 12.4. The molecule has 118 valence electrons. The highest BCUT2D eigenvalue weighted by Gasteiger charge is 2.29. The zero-order chi connectivity index (χ0) is 15.7. The number of aromatic nitrogens is 3. The summed E-state index contributed by atoms with van der Waals surface area (Å²) in [6, 6.07) is 5.78. The molecule has 22 heavy (non-hydrogen) atoms. The third-order valence-corrected chi connectivity index (χ3v) is 4.42. The predicted octanol–water partition coefficient (Wildman–Crippen LogP) is 0.959. The second kappa shape index (κ2) is 5.70. The van der Waals surface area contributed by atoms with Crippen LogP contribution >= 0.6 is 0 Å². The van der Waals surface area contributed by atoms with Crippen molar-refractivity contribution in [3.63, 3.8) is 0 Å². The van der Waals surface area contributed by atoms with Gasteiger partial charge in [0, 0.05) is 50.5 Å². The van der Waals surface area contributed by atoms with Crippen molar-refractivity contribution in [2.45, 2.75) is 25.9 Å². The predicted molar refractivity (Wildman–Crippen MR) is 86.6 cm³/mol. The van der Waals surface area contributed by atoms with E-state index in [1.807, 2.05) is 25.2 Å². The molecule has 3 heterocycles. The van der Waals surface area contributed by atoms with Crippen LogP contribution in [0.5, 0.6) is 0 Å². The largest absolute Gasteiger partial charge is 0.320 e. The zero-order valence-corrected chi connectivity index (χ0v) is 13.4. The molecule has 2 N–H and O–H groups in total. The van der Waals surface area contributed by atoms with E-state index in [2.05, 4.69) is 34.1 Å². The highest BCUT2D eigenvalue weighted by Crippen LogP contribution is 2.19. The van der Waals surface area contributed by atoms with Crippen molar-refractivity contribution in [2.75, 3.05) is 19.6 Å². The maximum absolute atomic E-state index is 12.4. The van der Waals surface area contributed by atoms with Crippen LogP contribution in [0.4, 0.5) is 0 Å². The lowest BCUT2D eigenvalue weighted by molar-refractivity contribution is 0.0823. The highest BCUT2D eigenvalue weighted by atomic mass is 16.1. The number of hydrogen-bond acceptors (Lipinski definition) is 4. The summed E-state index contributed by atoms with van der Waals surface area (Å²) < 4.78 is 1.75. The van der Waals surface area contributed by atoms with Gasteiger partial charge in [-0.25, -0.2) is 0 Å². The number of piperazine rings is 1. The first-order valence-electron chi connectivity index (χ1n) is 7.64. The summed E-state index contributed by atoms with van der Waals surface area (Å²) in [5, 5.41) is 7.54. The number of pyridine rings is 1. The van der Waals surface area contributed by atoms with Gasteiger partial charge in [-0.05, 0) is 26.0 Å². The van der Waals surface area contributed by atoms with Gasteiger partial charge >= 0.3 is 0 Å². The number of hydrogen-bond donors (Lipinski definition) is 2. The summed E-state index contributed by atoms with van der Waals surface area (Å²) in [4.78, 5) is 17.7. The molecule has 0 aliphatic carbocycles. The molecule has 0 bridgehead atoms. The number of nitrogens with zero attached hydrogens (tertiary/aromatic N) is 3. The molecule has 2 aromatic heterocycles. The van der Waals surface area contributed by atoms with Crippen molar-refractivity contribution in [1.82, 2.24) is 25.0 Å². The summed E-state index contributed by atoms with van der Waals surface area (Å²) in [6.07, 6.45) is 1.73. The number of aryl methyl sites for hydroxylation is 1. The van der Waals surface area contributed by atoms with E-state index in [4.69, 9.17) is 0 Å². The summed E-state index contributed by atoms with van der Waals surface area (Å²) in [5.74, 6) is 0. The molecule has 0 amide bonds. The van der Waals surface area contributed by atoms with E-state index < -0.39 is 0 Å². The van der Waals surface area contributed by atoms with Gasteiger partial charge in [0.15, 0.2) is 0 Å². The fraction of sp³-hybridized carbons (Fsp3) is 0.500. The van der Waals surface area contributed by atoms with Gasteiger partial charge < -0.3 is 10.3 Å². The van der Waals surface area contributed by atoms with Crippen LogP contribution in [-0.2, 0) is 13.6 Å². The van der Waals surface area contributed by atoms with Crippen LogP contribution in [-0.4, -0.2) is 44.8 Å². The van der Waals surface area contributed by atoms with Crippen molar-refractivity contribution in [1.29, 1.82) is 0 Å². The zero-order valence-electron chi connectivity index (χ0n) is 13.4. The molecule has 0 spiro atoms. The molecule has 1 saturated heterocycles. The molecular weight excluding hydrogens is 278 g/mol. The van der Waals surface area contributed by atoms with Crippen molar-refractivity contribution in [3.05, 3.63) is 40.3 Å². The number of H-pyrrole nitrogens is 1. The van der Waals surface area contributed by atoms with E-state index in [9.17, 15) is 4.79 Å². The van der Waals surface area contributed by atoms with Crippen LogP contribution in [0.2, 0.25) is 0 Å².